The molecular formula is C21H39NaO4. The molecule has 4 nitrogen and oxygen atoms in total. The van der Waals surface area contributed by atoms with Crippen LogP contribution in [0.15, 0.2) is 0 Å². The molecule has 0 bridgehead atoms. The fourth-order valence-corrected chi connectivity index (χ4v) is 3.09. The second kappa shape index (κ2) is 21.4. The van der Waals surface area contributed by atoms with E-state index in [2.05, 4.69) is 6.92 Å². The third-order valence-corrected chi connectivity index (χ3v) is 4.75. The molecule has 0 heterocycles. The minimum absolute atomic E-state index is 0. The van der Waals surface area contributed by atoms with Crippen molar-refractivity contribution < 1.29 is 49.4 Å². The van der Waals surface area contributed by atoms with Gasteiger partial charge in [0.25, 0.3) is 0 Å². The van der Waals surface area contributed by atoms with Crippen LogP contribution < -0.4 is 34.7 Å². The fraction of sp³-hybridized carbons (Fsp3) is 0.905. The van der Waals surface area contributed by atoms with E-state index in [1.54, 1.807) is 0 Å². The Morgan fingerprint density at radius 3 is 1.42 bits per heavy atom. The molecular weight excluding hydrogens is 339 g/mol. The number of carboxylic acids is 1. The molecule has 0 amide bonds. The summed E-state index contributed by atoms with van der Waals surface area (Å²) >= 11 is 0. The van der Waals surface area contributed by atoms with Crippen LogP contribution >= 0.6 is 0 Å². The molecule has 0 aromatic carbocycles. The molecule has 0 saturated carbocycles. The predicted molar refractivity (Wildman–Crippen MR) is 100 cm³/mol. The number of aliphatic carboxylic acids is 1. The first-order valence-electron chi connectivity index (χ1n) is 10.5. The summed E-state index contributed by atoms with van der Waals surface area (Å²) in [4.78, 5) is 21.8. The number of carbonyl (C=O) groups is 2. The second-order valence-corrected chi connectivity index (χ2v) is 7.28. The average molecular weight is 379 g/mol. The van der Waals surface area contributed by atoms with Crippen LogP contribution in [0.2, 0.25) is 0 Å². The van der Waals surface area contributed by atoms with Crippen molar-refractivity contribution in [2.75, 3.05) is 0 Å². The molecule has 0 fully saturated rings. The predicted octanol–water partition coefficient (Wildman–Crippen LogP) is 1.32. The van der Waals surface area contributed by atoms with Gasteiger partial charge in [-0.2, -0.15) is 0 Å². The first kappa shape index (κ1) is 28.3. The van der Waals surface area contributed by atoms with Gasteiger partial charge in [-0.15, -0.1) is 0 Å². The van der Waals surface area contributed by atoms with Gasteiger partial charge in [-0.25, -0.2) is 0 Å². The zero-order valence-electron chi connectivity index (χ0n) is 17.3. The van der Waals surface area contributed by atoms with Gasteiger partial charge in [-0.05, 0) is 6.42 Å². The molecule has 0 aromatic rings. The molecule has 0 aliphatic rings. The third kappa shape index (κ3) is 20.4. The van der Waals surface area contributed by atoms with E-state index in [-0.39, 0.29) is 41.8 Å². The molecule has 26 heavy (non-hydrogen) atoms. The van der Waals surface area contributed by atoms with Gasteiger partial charge in [-0.1, -0.05) is 96.8 Å². The maximum atomic E-state index is 11.4. The largest absolute Gasteiger partial charge is 1.00 e. The van der Waals surface area contributed by atoms with Crippen LogP contribution in [0, 0.1) is 0 Å². The minimum atomic E-state index is -1.65. The summed E-state index contributed by atoms with van der Waals surface area (Å²) in [7, 11) is 0. The monoisotopic (exact) mass is 378 g/mol. The van der Waals surface area contributed by atoms with Crippen LogP contribution in [0.1, 0.15) is 116 Å². The van der Waals surface area contributed by atoms with E-state index in [1.165, 1.54) is 77.0 Å². The second-order valence-electron chi connectivity index (χ2n) is 7.28. The number of hydrogen-bond donors (Lipinski definition) is 1. The number of ketones is 1. The smallest absolute Gasteiger partial charge is 0.547 e. The average Bonchev–Trinajstić information content (AvgIpc) is 2.58. The summed E-state index contributed by atoms with van der Waals surface area (Å²) in [5, 5.41) is 19.4. The standard InChI is InChI=1S/C21H40O4.Na/c1-2-3-4-5-6-7-8-9-10-11-12-13-14-15-16-17-19(22)18-20(23)21(24)25;/h20,23H,2-18H2,1H3,(H,24,25);/q;+1/p-1. The van der Waals surface area contributed by atoms with Crippen LogP contribution in [-0.2, 0) is 9.59 Å². The van der Waals surface area contributed by atoms with Crippen molar-refractivity contribution in [1.82, 2.24) is 0 Å². The van der Waals surface area contributed by atoms with Crippen molar-refractivity contribution in [3.05, 3.63) is 0 Å². The van der Waals surface area contributed by atoms with Gasteiger partial charge >= 0.3 is 29.6 Å². The zero-order valence-corrected chi connectivity index (χ0v) is 19.3. The Hall–Kier alpha value is 0.100. The maximum Gasteiger partial charge on any atom is 1.00 e. The van der Waals surface area contributed by atoms with Crippen molar-refractivity contribution in [2.45, 2.75) is 122 Å². The number of hydrogen-bond acceptors (Lipinski definition) is 4. The topological polar surface area (TPSA) is 77.4 Å². The van der Waals surface area contributed by atoms with Crippen LogP contribution in [0.3, 0.4) is 0 Å². The van der Waals surface area contributed by atoms with Crippen LogP contribution in [-0.4, -0.2) is 23.0 Å². The number of aliphatic hydroxyl groups excluding tert-OH is 1. The van der Waals surface area contributed by atoms with Crippen molar-refractivity contribution in [3.8, 4) is 0 Å². The SMILES string of the molecule is CCCCCCCCCCCCCCCCCC(=O)CC(O)C(=O)[O-].[Na+]. The first-order chi connectivity index (χ1) is 12.1. The van der Waals surface area contributed by atoms with Crippen LogP contribution in [0.25, 0.3) is 0 Å². The van der Waals surface area contributed by atoms with E-state index >= 15 is 0 Å². The van der Waals surface area contributed by atoms with Crippen molar-refractivity contribution >= 4 is 11.8 Å². The fourth-order valence-electron chi connectivity index (χ4n) is 3.09. The molecule has 0 aromatic heterocycles. The summed E-state index contributed by atoms with van der Waals surface area (Å²) in [6.45, 7) is 2.26. The summed E-state index contributed by atoms with van der Waals surface area (Å²) < 4.78 is 0. The molecule has 0 rings (SSSR count). The Morgan fingerprint density at radius 1 is 0.731 bits per heavy atom. The Bertz CT molecular complexity index is 334. The Morgan fingerprint density at radius 2 is 1.08 bits per heavy atom. The van der Waals surface area contributed by atoms with Crippen molar-refractivity contribution in [3.63, 3.8) is 0 Å². The van der Waals surface area contributed by atoms with Crippen LogP contribution in [0.5, 0.6) is 0 Å². The maximum absolute atomic E-state index is 11.4. The third-order valence-electron chi connectivity index (χ3n) is 4.75. The minimum Gasteiger partial charge on any atom is -0.547 e. The van der Waals surface area contributed by atoms with Gasteiger partial charge < -0.3 is 15.0 Å². The molecule has 0 spiro atoms. The van der Waals surface area contributed by atoms with Crippen molar-refractivity contribution in [2.24, 2.45) is 0 Å². The molecule has 1 atom stereocenters. The quantitative estimate of drug-likeness (QED) is 0.272. The van der Waals surface area contributed by atoms with Gasteiger partial charge in [-0.3, -0.25) is 4.79 Å². The van der Waals surface area contributed by atoms with Gasteiger partial charge in [0.1, 0.15) is 11.9 Å². The molecule has 0 aliphatic carbocycles. The van der Waals surface area contributed by atoms with Crippen LogP contribution in [0.4, 0.5) is 0 Å². The van der Waals surface area contributed by atoms with Crippen molar-refractivity contribution in [1.29, 1.82) is 0 Å². The van der Waals surface area contributed by atoms with E-state index < -0.39 is 12.1 Å². The molecule has 0 saturated heterocycles. The van der Waals surface area contributed by atoms with Gasteiger partial charge in [0.2, 0.25) is 0 Å². The number of carbonyl (C=O) groups excluding carboxylic acids is 2. The molecule has 1 N–H and O–H groups in total. The zero-order chi connectivity index (χ0) is 18.8. The number of Topliss-reactive ketones (excluding diaryl/α,β-unsaturated/α-hetero) is 1. The van der Waals surface area contributed by atoms with E-state index in [9.17, 15) is 14.7 Å². The van der Waals surface area contributed by atoms with E-state index in [1.807, 2.05) is 0 Å². The summed E-state index contributed by atoms with van der Waals surface area (Å²) in [5.74, 6) is -1.75. The summed E-state index contributed by atoms with van der Waals surface area (Å²) in [6.07, 6.45) is 17.5. The Kier molecular flexibility index (Phi) is 23.3. The summed E-state index contributed by atoms with van der Waals surface area (Å²) in [5.41, 5.74) is 0. The molecule has 5 heteroatoms. The normalized spacial score (nSPS) is 11.8. The molecule has 0 aliphatic heterocycles. The number of carboxylic acid groups (broad SMARTS) is 1. The van der Waals surface area contributed by atoms with Gasteiger partial charge in [0, 0.05) is 12.8 Å². The number of unbranched alkanes of at least 4 members (excludes halogenated alkanes) is 14. The Balaban J connectivity index is 0. The number of rotatable bonds is 19. The molecule has 1 unspecified atom stereocenters. The van der Waals surface area contributed by atoms with Gasteiger partial charge in [0.05, 0.1) is 5.97 Å². The van der Waals surface area contributed by atoms with E-state index in [4.69, 9.17) is 5.11 Å². The number of aliphatic hydroxyl groups is 1. The van der Waals surface area contributed by atoms with E-state index in [0.717, 1.165) is 19.3 Å². The molecule has 0 radical (unpaired) electrons. The molecule has 148 valence electrons. The van der Waals surface area contributed by atoms with Gasteiger partial charge in [0.15, 0.2) is 0 Å². The van der Waals surface area contributed by atoms with E-state index in [0.29, 0.717) is 6.42 Å². The Labute approximate surface area is 182 Å². The first-order valence-corrected chi connectivity index (χ1v) is 10.5. The summed E-state index contributed by atoms with van der Waals surface area (Å²) in [6, 6.07) is 0.